The minimum Gasteiger partial charge on any atom is -0.309 e. The molecule has 0 aliphatic rings. The maximum atomic E-state index is 5.39. The van der Waals surface area contributed by atoms with Gasteiger partial charge in [-0.2, -0.15) is 0 Å². The second-order valence-electron chi connectivity index (χ2n) is 14.7. The van der Waals surface area contributed by atoms with Crippen molar-refractivity contribution >= 4 is 21.8 Å². The van der Waals surface area contributed by atoms with Gasteiger partial charge in [-0.1, -0.05) is 182 Å². The van der Waals surface area contributed by atoms with Crippen molar-refractivity contribution in [1.29, 1.82) is 0 Å². The van der Waals surface area contributed by atoms with Gasteiger partial charge in [0.2, 0.25) is 0 Å². The number of aromatic nitrogens is 7. The molecular weight excluding hydrogens is 747 g/mol. The summed E-state index contributed by atoms with van der Waals surface area (Å²) in [6.07, 6.45) is 0. The minimum absolute atomic E-state index is 0.519. The highest BCUT2D eigenvalue weighted by molar-refractivity contribution is 6.09. The van der Waals surface area contributed by atoms with Gasteiger partial charge in [-0.3, -0.25) is 0 Å². The molecule has 7 nitrogen and oxygen atoms in total. The van der Waals surface area contributed by atoms with Crippen LogP contribution in [-0.4, -0.2) is 34.5 Å². The molecule has 0 atom stereocenters. The van der Waals surface area contributed by atoms with Crippen LogP contribution in [0.2, 0.25) is 0 Å². The highest BCUT2D eigenvalue weighted by Crippen LogP contribution is 2.39. The summed E-state index contributed by atoms with van der Waals surface area (Å²) in [6.45, 7) is 0. The Kier molecular flexibility index (Phi) is 9.02. The Morgan fingerprint density at radius 3 is 1.11 bits per heavy atom. The SMILES string of the molecule is c1ccc(-c2nc(-c3ccccc3)nc(-c3ccc(-n4c5ccccc5c5ccccc54)c(-c4nc(-c5ccccc5)nc(-c5ccccc5-c5ccccc5)n4)c3)n2)cc1. The fourth-order valence-electron chi connectivity index (χ4n) is 8.05. The quantitative estimate of drug-likeness (QED) is 0.153. The number of fused-ring (bicyclic) bond motifs is 3. The Morgan fingerprint density at radius 2 is 0.607 bits per heavy atom. The topological polar surface area (TPSA) is 82.3 Å². The molecular formula is C54H35N7. The molecule has 0 radical (unpaired) electrons. The highest BCUT2D eigenvalue weighted by atomic mass is 15.1. The largest absolute Gasteiger partial charge is 0.309 e. The van der Waals surface area contributed by atoms with Crippen molar-refractivity contribution in [2.75, 3.05) is 0 Å². The first-order valence-corrected chi connectivity index (χ1v) is 20.2. The van der Waals surface area contributed by atoms with E-state index >= 15 is 0 Å². The Balaban J connectivity index is 1.21. The smallest absolute Gasteiger partial charge is 0.166 e. The van der Waals surface area contributed by atoms with E-state index in [-0.39, 0.29) is 0 Å². The Hall–Kier alpha value is -8.42. The van der Waals surface area contributed by atoms with Crippen molar-refractivity contribution in [3.63, 3.8) is 0 Å². The van der Waals surface area contributed by atoms with Crippen molar-refractivity contribution in [1.82, 2.24) is 34.5 Å². The number of hydrogen-bond donors (Lipinski definition) is 0. The van der Waals surface area contributed by atoms with Gasteiger partial charge in [0.15, 0.2) is 34.9 Å². The first-order chi connectivity index (χ1) is 30.2. The van der Waals surface area contributed by atoms with E-state index in [1.807, 2.05) is 103 Å². The van der Waals surface area contributed by atoms with Crippen LogP contribution in [0.1, 0.15) is 0 Å². The molecule has 0 aliphatic carbocycles. The van der Waals surface area contributed by atoms with Gasteiger partial charge in [0.1, 0.15) is 0 Å². The average molecular weight is 782 g/mol. The van der Waals surface area contributed by atoms with Gasteiger partial charge in [0.05, 0.1) is 16.7 Å². The molecule has 0 aliphatic heterocycles. The zero-order valence-corrected chi connectivity index (χ0v) is 32.8. The lowest BCUT2D eigenvalue weighted by Crippen LogP contribution is -2.05. The molecule has 0 N–H and O–H groups in total. The molecule has 11 aromatic rings. The van der Waals surface area contributed by atoms with Crippen LogP contribution in [0.5, 0.6) is 0 Å². The summed E-state index contributed by atoms with van der Waals surface area (Å²) < 4.78 is 2.31. The molecule has 0 spiro atoms. The Labute approximate surface area is 352 Å². The number of hydrogen-bond acceptors (Lipinski definition) is 6. The average Bonchev–Trinajstić information content (AvgIpc) is 3.69. The second-order valence-corrected chi connectivity index (χ2v) is 14.7. The Morgan fingerprint density at radius 1 is 0.246 bits per heavy atom. The summed E-state index contributed by atoms with van der Waals surface area (Å²) >= 11 is 0. The maximum Gasteiger partial charge on any atom is 0.166 e. The molecule has 61 heavy (non-hydrogen) atoms. The van der Waals surface area contributed by atoms with Gasteiger partial charge in [0, 0.05) is 44.2 Å². The summed E-state index contributed by atoms with van der Waals surface area (Å²) in [5.74, 6) is 3.37. The molecule has 0 bridgehead atoms. The van der Waals surface area contributed by atoms with Gasteiger partial charge in [-0.25, -0.2) is 29.9 Å². The van der Waals surface area contributed by atoms with Crippen molar-refractivity contribution in [3.05, 3.63) is 212 Å². The molecule has 0 saturated heterocycles. The summed E-state index contributed by atoms with van der Waals surface area (Å²) in [5.41, 5.74) is 10.3. The first-order valence-electron chi connectivity index (χ1n) is 20.2. The van der Waals surface area contributed by atoms with Crippen LogP contribution in [0.3, 0.4) is 0 Å². The Bertz CT molecular complexity index is 3240. The predicted octanol–water partition coefficient (Wildman–Crippen LogP) is 12.8. The summed E-state index contributed by atoms with van der Waals surface area (Å²) in [5, 5.41) is 2.31. The third-order valence-corrected chi connectivity index (χ3v) is 10.9. The fourth-order valence-corrected chi connectivity index (χ4v) is 8.05. The molecule has 8 aromatic carbocycles. The summed E-state index contributed by atoms with van der Waals surface area (Å²) in [4.78, 5) is 31.1. The van der Waals surface area contributed by atoms with Crippen LogP contribution >= 0.6 is 0 Å². The molecule has 0 unspecified atom stereocenters. The number of rotatable bonds is 8. The molecule has 0 amide bonds. The number of para-hydroxylation sites is 2. The highest BCUT2D eigenvalue weighted by Gasteiger charge is 2.22. The molecule has 0 saturated carbocycles. The van der Waals surface area contributed by atoms with Gasteiger partial charge in [-0.05, 0) is 41.5 Å². The predicted molar refractivity (Wildman–Crippen MR) is 246 cm³/mol. The van der Waals surface area contributed by atoms with E-state index in [1.165, 1.54) is 0 Å². The molecule has 11 rings (SSSR count). The van der Waals surface area contributed by atoms with Crippen LogP contribution in [0.15, 0.2) is 212 Å². The molecule has 7 heteroatoms. The second kappa shape index (κ2) is 15.4. The van der Waals surface area contributed by atoms with E-state index in [1.54, 1.807) is 0 Å². The summed E-state index contributed by atoms with van der Waals surface area (Å²) in [6, 6.07) is 72.2. The standard InChI is InChI=1S/C54H35N7/c1-5-19-36(20-6-1)41-27-13-14-30-44(41)53-58-51(39-25-11-4-12-26-39)59-54(60-53)45-35-40(33-34-48(45)61-46-31-17-15-28-42(46)43-29-16-18-32-47(43)61)52-56-49(37-21-7-2-8-22-37)55-50(57-52)38-23-9-3-10-24-38/h1-35H. The van der Waals surface area contributed by atoms with Gasteiger partial charge >= 0.3 is 0 Å². The lowest BCUT2D eigenvalue weighted by Gasteiger charge is -2.17. The van der Waals surface area contributed by atoms with E-state index in [2.05, 4.69) is 114 Å². The third kappa shape index (κ3) is 6.70. The van der Waals surface area contributed by atoms with Crippen LogP contribution < -0.4 is 0 Å². The van der Waals surface area contributed by atoms with E-state index in [0.717, 1.165) is 72.0 Å². The fraction of sp³-hybridized carbons (Fsp3) is 0. The summed E-state index contributed by atoms with van der Waals surface area (Å²) in [7, 11) is 0. The molecule has 286 valence electrons. The minimum atomic E-state index is 0.519. The third-order valence-electron chi connectivity index (χ3n) is 10.9. The zero-order valence-electron chi connectivity index (χ0n) is 32.8. The van der Waals surface area contributed by atoms with Crippen molar-refractivity contribution < 1.29 is 0 Å². The number of nitrogens with zero attached hydrogens (tertiary/aromatic N) is 7. The lowest BCUT2D eigenvalue weighted by molar-refractivity contribution is 1.06. The van der Waals surface area contributed by atoms with E-state index in [4.69, 9.17) is 29.9 Å². The normalized spacial score (nSPS) is 11.3. The first kappa shape index (κ1) is 35.7. The van der Waals surface area contributed by atoms with E-state index in [9.17, 15) is 0 Å². The lowest BCUT2D eigenvalue weighted by atomic mass is 9.99. The van der Waals surface area contributed by atoms with Gasteiger partial charge in [0.25, 0.3) is 0 Å². The maximum absolute atomic E-state index is 5.39. The van der Waals surface area contributed by atoms with Crippen molar-refractivity contribution in [2.45, 2.75) is 0 Å². The van der Waals surface area contributed by atoms with Gasteiger partial charge in [-0.15, -0.1) is 0 Å². The van der Waals surface area contributed by atoms with Crippen molar-refractivity contribution in [3.8, 4) is 85.1 Å². The van der Waals surface area contributed by atoms with E-state index in [0.29, 0.717) is 34.9 Å². The number of benzene rings is 8. The molecule has 3 aromatic heterocycles. The zero-order chi connectivity index (χ0) is 40.5. The molecule has 0 fully saturated rings. The molecule has 3 heterocycles. The monoisotopic (exact) mass is 781 g/mol. The van der Waals surface area contributed by atoms with Crippen LogP contribution in [0, 0.1) is 0 Å². The van der Waals surface area contributed by atoms with E-state index < -0.39 is 0 Å². The van der Waals surface area contributed by atoms with Gasteiger partial charge < -0.3 is 4.57 Å². The van der Waals surface area contributed by atoms with Crippen molar-refractivity contribution in [2.24, 2.45) is 0 Å². The van der Waals surface area contributed by atoms with Crippen LogP contribution in [0.4, 0.5) is 0 Å². The van der Waals surface area contributed by atoms with Crippen LogP contribution in [0.25, 0.3) is 107 Å². The van der Waals surface area contributed by atoms with Crippen LogP contribution in [-0.2, 0) is 0 Å².